The van der Waals surface area contributed by atoms with Gasteiger partial charge in [-0.05, 0) is 43.4 Å². The van der Waals surface area contributed by atoms with E-state index in [1.165, 1.54) is 25.0 Å². The normalized spacial score (nSPS) is 22.2. The Morgan fingerprint density at radius 2 is 2.05 bits per heavy atom. The number of nitrogens with two attached hydrogens (primary N) is 1. The third-order valence-corrected chi connectivity index (χ3v) is 4.43. The number of rotatable bonds is 6. The Morgan fingerprint density at radius 3 is 2.71 bits per heavy atom. The predicted molar refractivity (Wildman–Crippen MR) is 82.3 cm³/mol. The highest BCUT2D eigenvalue weighted by atomic mass is 35.5. The van der Waals surface area contributed by atoms with Crippen molar-refractivity contribution in [2.75, 3.05) is 13.2 Å². The van der Waals surface area contributed by atoms with Crippen LogP contribution < -0.4 is 5.73 Å². The van der Waals surface area contributed by atoms with Gasteiger partial charge in [0.1, 0.15) is 0 Å². The number of hydrogen-bond donors (Lipinski definition) is 1. The summed E-state index contributed by atoms with van der Waals surface area (Å²) >= 11 is 5.90. The number of nitro benzene ring substituents is 1. The standard InChI is InChI=1S/C15H21ClN2O3/c16-14-5-6-15(18(19)20)13(7-14)10-21-9-12-4-2-1-3-11(12)8-17/h5-7,11-12H,1-4,8-10,17H2. The molecule has 1 aromatic carbocycles. The van der Waals surface area contributed by atoms with Gasteiger partial charge in [-0.2, -0.15) is 0 Å². The lowest BCUT2D eigenvalue weighted by Crippen LogP contribution is -2.29. The molecule has 0 aliphatic heterocycles. The summed E-state index contributed by atoms with van der Waals surface area (Å²) in [5, 5.41) is 11.5. The third kappa shape index (κ3) is 4.40. The smallest absolute Gasteiger partial charge is 0.275 e. The second-order valence-electron chi connectivity index (χ2n) is 5.59. The molecule has 6 heteroatoms. The fourth-order valence-electron chi connectivity index (χ4n) is 2.98. The fourth-order valence-corrected chi connectivity index (χ4v) is 3.18. The average molecular weight is 313 g/mol. The number of nitro groups is 1. The molecule has 21 heavy (non-hydrogen) atoms. The molecule has 5 nitrogen and oxygen atoms in total. The van der Waals surface area contributed by atoms with Crippen LogP contribution in [0.2, 0.25) is 5.02 Å². The third-order valence-electron chi connectivity index (χ3n) is 4.20. The monoisotopic (exact) mass is 312 g/mol. The van der Waals surface area contributed by atoms with E-state index in [9.17, 15) is 10.1 Å². The summed E-state index contributed by atoms with van der Waals surface area (Å²) in [6, 6.07) is 4.54. The minimum atomic E-state index is -0.404. The van der Waals surface area contributed by atoms with E-state index in [2.05, 4.69) is 0 Å². The lowest BCUT2D eigenvalue weighted by molar-refractivity contribution is -0.386. The maximum absolute atomic E-state index is 11.0. The van der Waals surface area contributed by atoms with E-state index in [4.69, 9.17) is 22.1 Å². The molecule has 0 saturated heterocycles. The Kier molecular flexibility index (Phi) is 5.96. The minimum Gasteiger partial charge on any atom is -0.376 e. The Balaban J connectivity index is 1.93. The highest BCUT2D eigenvalue weighted by molar-refractivity contribution is 6.30. The Bertz CT molecular complexity index is 496. The first-order valence-electron chi connectivity index (χ1n) is 7.32. The Labute approximate surface area is 129 Å². The van der Waals surface area contributed by atoms with Gasteiger partial charge in [0.05, 0.1) is 23.7 Å². The van der Waals surface area contributed by atoms with Gasteiger partial charge in [0.25, 0.3) is 5.69 Å². The second-order valence-corrected chi connectivity index (χ2v) is 6.02. The van der Waals surface area contributed by atoms with Crippen molar-refractivity contribution in [1.29, 1.82) is 0 Å². The molecule has 0 bridgehead atoms. The largest absolute Gasteiger partial charge is 0.376 e. The zero-order valence-corrected chi connectivity index (χ0v) is 12.7. The summed E-state index contributed by atoms with van der Waals surface area (Å²) in [5.74, 6) is 0.968. The molecule has 1 aliphatic rings. The molecule has 1 aromatic rings. The van der Waals surface area contributed by atoms with Gasteiger partial charge in [-0.15, -0.1) is 0 Å². The molecule has 1 aliphatic carbocycles. The molecule has 1 saturated carbocycles. The summed E-state index contributed by atoms with van der Waals surface area (Å²) < 4.78 is 5.72. The molecular weight excluding hydrogens is 292 g/mol. The first-order valence-corrected chi connectivity index (χ1v) is 7.70. The second kappa shape index (κ2) is 7.73. The van der Waals surface area contributed by atoms with Crippen LogP contribution in [0.4, 0.5) is 5.69 Å². The van der Waals surface area contributed by atoms with Crippen molar-refractivity contribution in [3.63, 3.8) is 0 Å². The molecule has 0 heterocycles. The number of halogens is 1. The van der Waals surface area contributed by atoms with Gasteiger partial charge in [0.15, 0.2) is 0 Å². The topological polar surface area (TPSA) is 78.4 Å². The van der Waals surface area contributed by atoms with Crippen molar-refractivity contribution in [3.8, 4) is 0 Å². The summed E-state index contributed by atoms with van der Waals surface area (Å²) in [6.45, 7) is 1.50. The van der Waals surface area contributed by atoms with E-state index < -0.39 is 4.92 Å². The highest BCUT2D eigenvalue weighted by Gasteiger charge is 2.24. The molecular formula is C15H21ClN2O3. The van der Waals surface area contributed by atoms with Crippen LogP contribution in [-0.4, -0.2) is 18.1 Å². The number of benzene rings is 1. The van der Waals surface area contributed by atoms with Gasteiger partial charge < -0.3 is 10.5 Å². The molecule has 0 spiro atoms. The minimum absolute atomic E-state index is 0.0541. The Hall–Kier alpha value is -1.17. The van der Waals surface area contributed by atoms with Gasteiger partial charge in [0, 0.05) is 11.1 Å². The van der Waals surface area contributed by atoms with Crippen LogP contribution in [0.5, 0.6) is 0 Å². The molecule has 2 N–H and O–H groups in total. The van der Waals surface area contributed by atoms with Gasteiger partial charge in [-0.25, -0.2) is 0 Å². The molecule has 0 aromatic heterocycles. The van der Waals surface area contributed by atoms with E-state index in [1.54, 1.807) is 6.07 Å². The van der Waals surface area contributed by atoms with Gasteiger partial charge in [-0.1, -0.05) is 24.4 Å². The maximum atomic E-state index is 11.0. The van der Waals surface area contributed by atoms with Crippen LogP contribution in [0.3, 0.4) is 0 Å². The van der Waals surface area contributed by atoms with E-state index in [-0.39, 0.29) is 12.3 Å². The highest BCUT2D eigenvalue weighted by Crippen LogP contribution is 2.30. The van der Waals surface area contributed by atoms with Crippen molar-refractivity contribution in [3.05, 3.63) is 38.9 Å². The summed E-state index contributed by atoms with van der Waals surface area (Å²) in [4.78, 5) is 10.6. The van der Waals surface area contributed by atoms with Gasteiger partial charge in [-0.3, -0.25) is 10.1 Å². The SMILES string of the molecule is NCC1CCCCC1COCc1cc(Cl)ccc1[N+](=O)[O-]. The molecule has 1 fully saturated rings. The van der Waals surface area contributed by atoms with Crippen LogP contribution in [0, 0.1) is 22.0 Å². The predicted octanol–water partition coefficient (Wildman–Crippen LogP) is 3.53. The molecule has 0 amide bonds. The lowest BCUT2D eigenvalue weighted by Gasteiger charge is -2.30. The van der Waals surface area contributed by atoms with Crippen LogP contribution in [0.25, 0.3) is 0 Å². The number of hydrogen-bond acceptors (Lipinski definition) is 4. The first-order chi connectivity index (χ1) is 10.1. The average Bonchev–Trinajstić information content (AvgIpc) is 2.47. The van der Waals surface area contributed by atoms with Crippen LogP contribution >= 0.6 is 11.6 Å². The summed E-state index contributed by atoms with van der Waals surface area (Å²) in [5.41, 5.74) is 6.37. The first kappa shape index (κ1) is 16.2. The van der Waals surface area contributed by atoms with Crippen LogP contribution in [-0.2, 0) is 11.3 Å². The van der Waals surface area contributed by atoms with Crippen LogP contribution in [0.15, 0.2) is 18.2 Å². The molecule has 0 radical (unpaired) electrons. The lowest BCUT2D eigenvalue weighted by atomic mass is 9.80. The van der Waals surface area contributed by atoms with E-state index >= 15 is 0 Å². The molecule has 116 valence electrons. The zero-order chi connectivity index (χ0) is 15.2. The number of nitrogens with zero attached hydrogens (tertiary/aromatic N) is 1. The van der Waals surface area contributed by atoms with Gasteiger partial charge in [0.2, 0.25) is 0 Å². The van der Waals surface area contributed by atoms with Crippen molar-refractivity contribution >= 4 is 17.3 Å². The fraction of sp³-hybridized carbons (Fsp3) is 0.600. The van der Waals surface area contributed by atoms with E-state index in [1.807, 2.05) is 0 Å². The van der Waals surface area contributed by atoms with Crippen molar-refractivity contribution in [2.45, 2.75) is 32.3 Å². The van der Waals surface area contributed by atoms with E-state index in [0.717, 1.165) is 12.8 Å². The van der Waals surface area contributed by atoms with Crippen molar-refractivity contribution in [2.24, 2.45) is 17.6 Å². The van der Waals surface area contributed by atoms with E-state index in [0.29, 0.717) is 35.6 Å². The quantitative estimate of drug-likeness (QED) is 0.644. The molecule has 2 atom stereocenters. The molecule has 2 rings (SSSR count). The summed E-state index contributed by atoms with van der Waals surface area (Å²) in [7, 11) is 0. The zero-order valence-electron chi connectivity index (χ0n) is 12.0. The van der Waals surface area contributed by atoms with Crippen molar-refractivity contribution < 1.29 is 9.66 Å². The van der Waals surface area contributed by atoms with Crippen molar-refractivity contribution in [1.82, 2.24) is 0 Å². The Morgan fingerprint density at radius 1 is 1.33 bits per heavy atom. The maximum Gasteiger partial charge on any atom is 0.275 e. The molecule has 2 unspecified atom stereocenters. The van der Waals surface area contributed by atoms with Crippen LogP contribution in [0.1, 0.15) is 31.2 Å². The summed E-state index contributed by atoms with van der Waals surface area (Å²) in [6.07, 6.45) is 4.72. The van der Waals surface area contributed by atoms with Gasteiger partial charge >= 0.3 is 0 Å². The number of ether oxygens (including phenoxy) is 1.